The Morgan fingerprint density at radius 1 is 1.47 bits per heavy atom. The summed E-state index contributed by atoms with van der Waals surface area (Å²) >= 11 is 5.98. The number of benzene rings is 1. The summed E-state index contributed by atoms with van der Waals surface area (Å²) in [7, 11) is 1.54. The molecule has 0 saturated carbocycles. The molecule has 0 aliphatic carbocycles. The molecule has 0 radical (unpaired) electrons. The maximum absolute atomic E-state index is 12.2. The minimum absolute atomic E-state index is 0.0610. The van der Waals surface area contributed by atoms with Crippen molar-refractivity contribution in [2.75, 3.05) is 20.3 Å². The van der Waals surface area contributed by atoms with Crippen LogP contribution in [-0.4, -0.2) is 31.2 Å². The molecular formula is C13H13ClN2O3. The molecule has 0 spiro atoms. The summed E-state index contributed by atoms with van der Waals surface area (Å²) in [5.74, 6) is -0.430. The molecule has 2 aromatic rings. The Kier molecular flexibility index (Phi) is 4.19. The van der Waals surface area contributed by atoms with Gasteiger partial charge in [0.1, 0.15) is 5.56 Å². The Morgan fingerprint density at radius 3 is 3.00 bits per heavy atom. The normalized spacial score (nSPS) is 10.6. The molecule has 19 heavy (non-hydrogen) atoms. The quantitative estimate of drug-likeness (QED) is 0.835. The van der Waals surface area contributed by atoms with Crippen molar-refractivity contribution >= 4 is 28.4 Å². The molecular weight excluding hydrogens is 268 g/mol. The van der Waals surface area contributed by atoms with E-state index in [4.69, 9.17) is 16.3 Å². The number of carbonyl (C=O) groups is 1. The highest BCUT2D eigenvalue weighted by Crippen LogP contribution is 2.18. The first-order valence-corrected chi connectivity index (χ1v) is 6.10. The Bertz CT molecular complexity index is 666. The van der Waals surface area contributed by atoms with Crippen LogP contribution in [0.25, 0.3) is 10.9 Å². The van der Waals surface area contributed by atoms with E-state index in [0.717, 1.165) is 0 Å². The zero-order chi connectivity index (χ0) is 13.8. The zero-order valence-electron chi connectivity index (χ0n) is 10.3. The number of aromatic nitrogens is 1. The largest absolute Gasteiger partial charge is 0.383 e. The average Bonchev–Trinajstić information content (AvgIpc) is 2.40. The van der Waals surface area contributed by atoms with E-state index in [1.165, 1.54) is 13.3 Å². The van der Waals surface area contributed by atoms with Gasteiger partial charge in [-0.15, -0.1) is 0 Å². The lowest BCUT2D eigenvalue weighted by Crippen LogP contribution is -2.31. The average molecular weight is 281 g/mol. The number of pyridine rings is 1. The third-order valence-electron chi connectivity index (χ3n) is 2.70. The summed E-state index contributed by atoms with van der Waals surface area (Å²) in [6.45, 7) is 0.741. The number of hydrogen-bond donors (Lipinski definition) is 2. The molecule has 0 aliphatic heterocycles. The first-order chi connectivity index (χ1) is 9.15. The zero-order valence-corrected chi connectivity index (χ0v) is 11.1. The number of carbonyl (C=O) groups excluding carboxylic acids is 1. The number of amides is 1. The number of fused-ring (bicyclic) bond motifs is 1. The summed E-state index contributed by atoms with van der Waals surface area (Å²) in [6, 6.07) is 4.98. The van der Waals surface area contributed by atoms with Crippen LogP contribution in [0, 0.1) is 0 Å². The maximum Gasteiger partial charge on any atom is 0.256 e. The van der Waals surface area contributed by atoms with Crippen molar-refractivity contribution in [3.05, 3.63) is 45.2 Å². The second kappa shape index (κ2) is 5.86. The summed E-state index contributed by atoms with van der Waals surface area (Å²) in [5.41, 5.74) is 0.250. The molecule has 1 heterocycles. The van der Waals surface area contributed by atoms with Crippen molar-refractivity contribution in [3.8, 4) is 0 Å². The number of H-pyrrole nitrogens is 1. The van der Waals surface area contributed by atoms with Gasteiger partial charge in [-0.3, -0.25) is 9.59 Å². The van der Waals surface area contributed by atoms with E-state index in [1.54, 1.807) is 18.2 Å². The first-order valence-electron chi connectivity index (χ1n) is 5.72. The summed E-state index contributed by atoms with van der Waals surface area (Å²) in [5, 5.41) is 3.44. The van der Waals surface area contributed by atoms with Crippen LogP contribution in [0.3, 0.4) is 0 Å². The minimum Gasteiger partial charge on any atom is -0.383 e. The number of hydrogen-bond acceptors (Lipinski definition) is 3. The highest BCUT2D eigenvalue weighted by atomic mass is 35.5. The SMILES string of the molecule is COCCNC(=O)c1c[nH]c2c(Cl)cccc2c1=O. The molecule has 2 N–H and O–H groups in total. The Morgan fingerprint density at radius 2 is 2.26 bits per heavy atom. The van der Waals surface area contributed by atoms with Crippen LogP contribution >= 0.6 is 11.6 Å². The molecule has 0 unspecified atom stereocenters. The molecule has 5 nitrogen and oxygen atoms in total. The Balaban J connectivity index is 2.38. The molecule has 0 atom stereocenters. The number of rotatable bonds is 4. The topological polar surface area (TPSA) is 71.2 Å². The standard InChI is InChI=1S/C13H13ClN2O3/c1-19-6-5-15-13(18)9-7-16-11-8(12(9)17)3-2-4-10(11)14/h2-4,7H,5-6H2,1H3,(H,15,18)(H,16,17). The molecule has 100 valence electrons. The van der Waals surface area contributed by atoms with Gasteiger partial charge in [-0.05, 0) is 12.1 Å². The molecule has 2 rings (SSSR count). The highest BCUT2D eigenvalue weighted by molar-refractivity contribution is 6.35. The molecule has 0 fully saturated rings. The summed E-state index contributed by atoms with van der Waals surface area (Å²) < 4.78 is 4.83. The van der Waals surface area contributed by atoms with Crippen LogP contribution in [0.1, 0.15) is 10.4 Å². The van der Waals surface area contributed by atoms with Crippen LogP contribution in [-0.2, 0) is 4.74 Å². The van der Waals surface area contributed by atoms with Crippen molar-refractivity contribution < 1.29 is 9.53 Å². The molecule has 1 aromatic heterocycles. The van der Waals surface area contributed by atoms with Gasteiger partial charge in [-0.1, -0.05) is 17.7 Å². The molecule has 1 aromatic carbocycles. The molecule has 1 amide bonds. The van der Waals surface area contributed by atoms with Crippen LogP contribution in [0.15, 0.2) is 29.2 Å². The van der Waals surface area contributed by atoms with Crippen LogP contribution in [0.2, 0.25) is 5.02 Å². The monoisotopic (exact) mass is 280 g/mol. The molecule has 6 heteroatoms. The van der Waals surface area contributed by atoms with Gasteiger partial charge in [0.25, 0.3) is 5.91 Å². The van der Waals surface area contributed by atoms with Gasteiger partial charge >= 0.3 is 0 Å². The first kappa shape index (κ1) is 13.6. The Hall–Kier alpha value is -1.85. The van der Waals surface area contributed by atoms with Gasteiger partial charge in [0.05, 0.1) is 17.1 Å². The molecule has 0 aliphatic rings. The van der Waals surface area contributed by atoms with Crippen molar-refractivity contribution in [2.45, 2.75) is 0 Å². The predicted octanol–water partition coefficient (Wildman–Crippen LogP) is 1.56. The number of aromatic amines is 1. The number of ether oxygens (including phenoxy) is 1. The van der Waals surface area contributed by atoms with Crippen molar-refractivity contribution in [3.63, 3.8) is 0 Å². The van der Waals surface area contributed by atoms with E-state index in [9.17, 15) is 9.59 Å². The smallest absolute Gasteiger partial charge is 0.256 e. The van der Waals surface area contributed by atoms with E-state index in [2.05, 4.69) is 10.3 Å². The molecule has 0 bridgehead atoms. The van der Waals surface area contributed by atoms with E-state index >= 15 is 0 Å². The van der Waals surface area contributed by atoms with Crippen molar-refractivity contribution in [1.82, 2.24) is 10.3 Å². The van der Waals surface area contributed by atoms with Crippen LogP contribution < -0.4 is 10.7 Å². The fraction of sp³-hybridized carbons (Fsp3) is 0.231. The van der Waals surface area contributed by atoms with E-state index < -0.39 is 5.91 Å². The van der Waals surface area contributed by atoms with Crippen LogP contribution in [0.5, 0.6) is 0 Å². The van der Waals surface area contributed by atoms with Crippen molar-refractivity contribution in [2.24, 2.45) is 0 Å². The second-order valence-electron chi connectivity index (χ2n) is 3.94. The van der Waals surface area contributed by atoms with Gasteiger partial charge < -0.3 is 15.0 Å². The second-order valence-corrected chi connectivity index (χ2v) is 4.35. The third kappa shape index (κ3) is 2.77. The van der Waals surface area contributed by atoms with Gasteiger partial charge in [-0.25, -0.2) is 0 Å². The lowest BCUT2D eigenvalue weighted by Gasteiger charge is -2.06. The fourth-order valence-corrected chi connectivity index (χ4v) is 1.97. The van der Waals surface area contributed by atoms with Gasteiger partial charge in [0.2, 0.25) is 5.43 Å². The highest BCUT2D eigenvalue weighted by Gasteiger charge is 2.13. The lowest BCUT2D eigenvalue weighted by molar-refractivity contribution is 0.0936. The molecule has 0 saturated heterocycles. The number of para-hydroxylation sites is 1. The predicted molar refractivity (Wildman–Crippen MR) is 73.8 cm³/mol. The lowest BCUT2D eigenvalue weighted by atomic mass is 10.1. The van der Waals surface area contributed by atoms with Gasteiger partial charge in [0.15, 0.2) is 0 Å². The van der Waals surface area contributed by atoms with E-state index in [1.807, 2.05) is 0 Å². The fourth-order valence-electron chi connectivity index (χ4n) is 1.75. The summed E-state index contributed by atoms with van der Waals surface area (Å²) in [6.07, 6.45) is 1.37. The van der Waals surface area contributed by atoms with Gasteiger partial charge in [-0.2, -0.15) is 0 Å². The number of methoxy groups -OCH3 is 1. The third-order valence-corrected chi connectivity index (χ3v) is 3.02. The number of halogens is 1. The van der Waals surface area contributed by atoms with Crippen molar-refractivity contribution in [1.29, 1.82) is 0 Å². The van der Waals surface area contributed by atoms with E-state index in [-0.39, 0.29) is 11.0 Å². The van der Waals surface area contributed by atoms with E-state index in [0.29, 0.717) is 29.1 Å². The number of nitrogens with one attached hydrogen (secondary N) is 2. The summed E-state index contributed by atoms with van der Waals surface area (Å²) in [4.78, 5) is 26.9. The van der Waals surface area contributed by atoms with Gasteiger partial charge in [0, 0.05) is 25.2 Å². The minimum atomic E-state index is -0.430. The van der Waals surface area contributed by atoms with Crippen LogP contribution in [0.4, 0.5) is 0 Å². The maximum atomic E-state index is 12.2. The Labute approximate surface area is 114 Å².